The zero-order valence-electron chi connectivity index (χ0n) is 81.3. The molecule has 17 atom stereocenters. The van der Waals surface area contributed by atoms with Crippen LogP contribution in [-0.4, -0.2) is 360 Å². The predicted octanol–water partition coefficient (Wildman–Crippen LogP) is 0.0998. The lowest BCUT2D eigenvalue weighted by Crippen LogP contribution is -2.64. The summed E-state index contributed by atoms with van der Waals surface area (Å²) in [6, 6.07) is -3.81. The molecule has 0 aromatic carbocycles. The standard InChI is InChI=1S/C91H164N12O32/c1-58(108)98-71-77(120)74(117)63(53-105)133-80(71)127-42-24-30-66(112)92-36-18-12-15-21-39-95-84(124)130-45-27-33-91(101-69(115)49-87(4,5)56-89(8,9)83(123)102-90(10,11)57-88(6,7)50-70(116)103-51-62(111)48-61(103)52-104,34-28-46-131-85(125)96-40-22-16-13-19-37-93-67(113)31-25-43-128-81-72(99-59(2)109)78(121)75(118)64(54-106)134-81)35-29-47-132-86(126)97-41-23-17-14-20-38-94-68(114)32-26-44-129-82-73(100-60(3)110)79(122)76(119)65(55-107)135-82/h61-65,71-82,104-107,111,117-122H,12-57H2,1-11H3,(H,92,112)(H,93,113)(H,94,114)(H,95,124)(H,96,125)(H,97,126)(H,98,108)(H,99,109)(H,100,110)(H,101,115)(H,102,123)/t61-,62+,63?,64?,65?,71?,72?,73?,74?,75?,76?,77?,78?,79?,80?,81?,82?,91?/m1/s1. The van der Waals surface area contributed by atoms with Gasteiger partial charge in [0.15, 0.2) is 18.9 Å². The molecule has 44 nitrogen and oxygen atoms in total. The number of hydrogen-bond acceptors (Lipinski definition) is 32. The van der Waals surface area contributed by atoms with E-state index in [9.17, 15) is 114 Å². The number of nitrogens with one attached hydrogen (secondary N) is 11. The summed E-state index contributed by atoms with van der Waals surface area (Å²) in [6.45, 7) is 18.5. The first kappa shape index (κ1) is 120. The van der Waals surface area contributed by atoms with Gasteiger partial charge in [-0.3, -0.25) is 43.2 Å². The highest BCUT2D eigenvalue weighted by Gasteiger charge is 2.50. The van der Waals surface area contributed by atoms with Gasteiger partial charge in [-0.05, 0) is 140 Å². The molecule has 0 spiro atoms. The van der Waals surface area contributed by atoms with Gasteiger partial charge in [0, 0.05) is 115 Å². The smallest absolute Gasteiger partial charge is 0.407 e. The van der Waals surface area contributed by atoms with Crippen molar-refractivity contribution < 1.29 is 156 Å². The van der Waals surface area contributed by atoms with Gasteiger partial charge in [0.2, 0.25) is 53.2 Å². The summed E-state index contributed by atoms with van der Waals surface area (Å²) in [5.41, 5.74) is -4.39. The average molecular weight is 1940 g/mol. The number of aliphatic hydroxyl groups is 11. The zero-order chi connectivity index (χ0) is 100. The van der Waals surface area contributed by atoms with E-state index >= 15 is 0 Å². The molecule has 44 heteroatoms. The summed E-state index contributed by atoms with van der Waals surface area (Å²) < 4.78 is 50.9. The summed E-state index contributed by atoms with van der Waals surface area (Å²) in [4.78, 5) is 157. The highest BCUT2D eigenvalue weighted by atomic mass is 16.7. The maximum absolute atomic E-state index is 14.9. The van der Waals surface area contributed by atoms with Crippen LogP contribution in [0.25, 0.3) is 0 Å². The number of amides is 12. The van der Waals surface area contributed by atoms with Crippen molar-refractivity contribution in [2.45, 2.75) is 378 Å². The molecule has 4 heterocycles. The quantitative estimate of drug-likeness (QED) is 0.0284. The fraction of sp³-hybridized carbons (Fsp3) is 0.868. The van der Waals surface area contributed by atoms with E-state index in [0.29, 0.717) is 83.8 Å². The van der Waals surface area contributed by atoms with Crippen molar-refractivity contribution in [3.63, 3.8) is 0 Å². The number of ether oxygens (including phenoxy) is 9. The highest BCUT2D eigenvalue weighted by molar-refractivity contribution is 5.83. The summed E-state index contributed by atoms with van der Waals surface area (Å²) in [6.07, 6.45) is -7.10. The molecule has 0 aliphatic carbocycles. The average Bonchev–Trinajstić information content (AvgIpc) is 1.38. The van der Waals surface area contributed by atoms with Crippen molar-refractivity contribution in [3.05, 3.63) is 0 Å². The lowest BCUT2D eigenvalue weighted by molar-refractivity contribution is -0.270. The fourth-order valence-corrected chi connectivity index (χ4v) is 17.7. The Kier molecular flexibility index (Phi) is 55.3. The van der Waals surface area contributed by atoms with Crippen LogP contribution in [0.15, 0.2) is 0 Å². The molecule has 0 aromatic rings. The van der Waals surface area contributed by atoms with Gasteiger partial charge in [0.1, 0.15) is 73.1 Å². The van der Waals surface area contributed by atoms with E-state index in [1.165, 1.54) is 25.7 Å². The first-order chi connectivity index (χ1) is 63.8. The van der Waals surface area contributed by atoms with Crippen molar-refractivity contribution in [1.29, 1.82) is 0 Å². The van der Waals surface area contributed by atoms with E-state index in [1.54, 1.807) is 13.8 Å². The van der Waals surface area contributed by atoms with E-state index in [0.717, 1.165) is 19.3 Å². The van der Waals surface area contributed by atoms with Crippen molar-refractivity contribution in [2.75, 3.05) is 112 Å². The van der Waals surface area contributed by atoms with Crippen molar-refractivity contribution >= 4 is 71.4 Å². The third-order valence-corrected chi connectivity index (χ3v) is 23.9. The number of rotatable bonds is 66. The minimum Gasteiger partial charge on any atom is -0.450 e. The molecular weight excluding hydrogens is 1770 g/mol. The third-order valence-electron chi connectivity index (χ3n) is 23.9. The summed E-state index contributed by atoms with van der Waals surface area (Å²) in [5.74, 6) is -3.05. The molecule has 15 unspecified atom stereocenters. The van der Waals surface area contributed by atoms with Gasteiger partial charge in [-0.2, -0.15) is 0 Å². The van der Waals surface area contributed by atoms with Crippen LogP contribution in [0.4, 0.5) is 14.4 Å². The first-order valence-electron chi connectivity index (χ1n) is 48.1. The number of unbranched alkanes of at least 4 members (excludes halogenated alkanes) is 9. The molecule has 4 aliphatic heterocycles. The van der Waals surface area contributed by atoms with Crippen LogP contribution in [0.3, 0.4) is 0 Å². The molecule has 4 fully saturated rings. The summed E-state index contributed by atoms with van der Waals surface area (Å²) in [7, 11) is 0. The number of carbonyl (C=O) groups is 12. The summed E-state index contributed by atoms with van der Waals surface area (Å²) >= 11 is 0. The Labute approximate surface area is 793 Å². The molecular formula is C91H164N12O32. The van der Waals surface area contributed by atoms with E-state index in [1.807, 2.05) is 41.5 Å². The number of β-amino-alcohol motifs (C(OH)–C–C–N with tert-alkyl or cyclic N) is 1. The molecule has 4 aliphatic rings. The van der Waals surface area contributed by atoms with E-state index in [2.05, 4.69) is 58.5 Å². The van der Waals surface area contributed by atoms with Gasteiger partial charge < -0.3 is 162 Å². The number of nitrogens with zero attached hydrogens (tertiary/aromatic N) is 1. The van der Waals surface area contributed by atoms with Crippen molar-refractivity contribution in [2.24, 2.45) is 16.2 Å². The van der Waals surface area contributed by atoms with Crippen LogP contribution in [0.1, 0.15) is 262 Å². The predicted molar refractivity (Wildman–Crippen MR) is 488 cm³/mol. The van der Waals surface area contributed by atoms with Crippen LogP contribution in [-0.2, 0) is 85.8 Å². The van der Waals surface area contributed by atoms with Crippen LogP contribution in [0.5, 0.6) is 0 Å². The molecule has 780 valence electrons. The number of carbonyl (C=O) groups excluding carboxylic acids is 12. The van der Waals surface area contributed by atoms with E-state index in [-0.39, 0.29) is 211 Å². The number of likely N-dealkylation sites (tertiary alicyclic amines) is 1. The van der Waals surface area contributed by atoms with Crippen molar-refractivity contribution in [1.82, 2.24) is 63.4 Å². The van der Waals surface area contributed by atoms with Crippen LogP contribution >= 0.6 is 0 Å². The number of aliphatic hydroxyl groups excluding tert-OH is 11. The fourth-order valence-electron chi connectivity index (χ4n) is 17.7. The van der Waals surface area contributed by atoms with Crippen LogP contribution in [0, 0.1) is 16.2 Å². The van der Waals surface area contributed by atoms with Crippen molar-refractivity contribution in [3.8, 4) is 0 Å². The molecule has 0 radical (unpaired) electrons. The second-order valence-corrected chi connectivity index (χ2v) is 38.9. The monoisotopic (exact) mass is 1940 g/mol. The van der Waals surface area contributed by atoms with Gasteiger partial charge in [0.05, 0.1) is 78.2 Å². The third kappa shape index (κ3) is 46.8. The van der Waals surface area contributed by atoms with Crippen LogP contribution in [0.2, 0.25) is 0 Å². The second kappa shape index (κ2) is 62.4. The molecule has 135 heavy (non-hydrogen) atoms. The Bertz CT molecular complexity index is 3300. The molecule has 0 aromatic heterocycles. The first-order valence-corrected chi connectivity index (χ1v) is 48.1. The molecule has 4 rings (SSSR count). The lowest BCUT2D eigenvalue weighted by Gasteiger charge is -2.42. The lowest BCUT2D eigenvalue weighted by atomic mass is 9.71. The maximum Gasteiger partial charge on any atom is 0.407 e. The van der Waals surface area contributed by atoms with Gasteiger partial charge >= 0.3 is 18.3 Å². The maximum atomic E-state index is 14.9. The molecule has 0 bridgehead atoms. The Morgan fingerprint density at radius 2 is 0.681 bits per heavy atom. The Morgan fingerprint density at radius 3 is 0.993 bits per heavy atom. The second-order valence-electron chi connectivity index (χ2n) is 38.9. The molecule has 0 saturated carbocycles. The minimum absolute atomic E-state index is 0.0137. The van der Waals surface area contributed by atoms with Gasteiger partial charge in [-0.25, -0.2) is 14.4 Å². The Balaban J connectivity index is 1.38. The Morgan fingerprint density at radius 1 is 0.363 bits per heavy atom. The minimum atomic E-state index is -1.47. The number of hydrogen-bond donors (Lipinski definition) is 22. The zero-order valence-corrected chi connectivity index (χ0v) is 81.3. The van der Waals surface area contributed by atoms with E-state index < -0.39 is 187 Å². The topological polar surface area (TPSA) is 646 Å². The van der Waals surface area contributed by atoms with Crippen LogP contribution < -0.4 is 58.5 Å². The largest absolute Gasteiger partial charge is 0.450 e. The van der Waals surface area contributed by atoms with Gasteiger partial charge in [-0.1, -0.05) is 80.1 Å². The van der Waals surface area contributed by atoms with Gasteiger partial charge in [-0.15, -0.1) is 0 Å². The number of alkyl carbamates (subject to hydrolysis) is 3. The SMILES string of the molecule is CC(=O)NC1C(OCCCC(=O)NCCCCCCNC(=O)OCCCC(CCCOC(=O)NCCCCCCNC(=O)CCCOC2OC(CO)C(O)C(O)C2NC(C)=O)(CCCOC(=O)NCCCCCCNC(=O)CCCOC2OC(CO)C(O)C(O)C2NC(C)=O)NC(=O)CC(C)(C)CC(C)(C)C(=O)NC(C)(C)CC(C)(C)CC(=O)N2C[C@@H](O)C[C@@H]2CO)OC(CO)C(O)C1O. The highest BCUT2D eigenvalue weighted by Crippen LogP contribution is 2.40. The molecule has 4 saturated heterocycles. The molecule has 22 N–H and O–H groups in total. The van der Waals surface area contributed by atoms with Gasteiger partial charge in [0.25, 0.3) is 0 Å². The van der Waals surface area contributed by atoms with E-state index in [4.69, 9.17) is 42.6 Å². The Hall–Kier alpha value is -7.64. The summed E-state index contributed by atoms with van der Waals surface area (Å²) in [5, 5.41) is 142. The molecule has 12 amide bonds. The normalized spacial score (nSPS) is 24.2.